The van der Waals surface area contributed by atoms with E-state index in [-0.39, 0.29) is 24.2 Å². The van der Waals surface area contributed by atoms with Crippen LogP contribution in [0.2, 0.25) is 0 Å². The van der Waals surface area contributed by atoms with Crippen molar-refractivity contribution in [1.82, 2.24) is 25.1 Å². The molecule has 1 aliphatic rings. The minimum absolute atomic E-state index is 0.0569. The number of aromatic amines is 1. The monoisotopic (exact) mass is 367 g/mol. The number of likely N-dealkylation sites (tertiary alicyclic amines) is 1. The Morgan fingerprint density at radius 3 is 2.93 bits per heavy atom. The molecule has 1 saturated heterocycles. The lowest BCUT2D eigenvalue weighted by Gasteiger charge is -2.15. The van der Waals surface area contributed by atoms with Gasteiger partial charge >= 0.3 is 0 Å². The second kappa shape index (κ2) is 7.53. The van der Waals surface area contributed by atoms with Gasteiger partial charge < -0.3 is 9.64 Å². The number of amides is 1. The Morgan fingerprint density at radius 1 is 1.26 bits per heavy atom. The van der Waals surface area contributed by atoms with Crippen LogP contribution in [0.15, 0.2) is 48.8 Å². The first-order chi connectivity index (χ1) is 13.2. The van der Waals surface area contributed by atoms with Crippen LogP contribution in [0.5, 0.6) is 5.75 Å². The van der Waals surface area contributed by atoms with Gasteiger partial charge in [0.25, 0.3) is 0 Å². The number of pyridine rings is 1. The van der Waals surface area contributed by atoms with E-state index in [1.807, 2.05) is 12.1 Å². The van der Waals surface area contributed by atoms with Gasteiger partial charge in [-0.05, 0) is 29.8 Å². The summed E-state index contributed by atoms with van der Waals surface area (Å²) in [5.41, 5.74) is 1.04. The minimum Gasteiger partial charge on any atom is -0.486 e. The van der Waals surface area contributed by atoms with Gasteiger partial charge in [-0.15, -0.1) is 0 Å². The van der Waals surface area contributed by atoms with Crippen LogP contribution in [0.1, 0.15) is 29.6 Å². The Balaban J connectivity index is 1.36. The van der Waals surface area contributed by atoms with Gasteiger partial charge in [0.1, 0.15) is 18.2 Å². The van der Waals surface area contributed by atoms with Crippen molar-refractivity contribution in [2.24, 2.45) is 0 Å². The molecule has 0 saturated carbocycles. The molecule has 0 bridgehead atoms. The molecule has 3 heterocycles. The van der Waals surface area contributed by atoms with Crippen molar-refractivity contribution in [3.63, 3.8) is 0 Å². The molecule has 3 aromatic rings. The summed E-state index contributed by atoms with van der Waals surface area (Å²) in [7, 11) is 0. The largest absolute Gasteiger partial charge is 0.486 e. The number of ether oxygens (including phenoxy) is 1. The third kappa shape index (κ3) is 4.11. The SMILES string of the molecule is O=C1C[C@@H](c2n[nH]c(COc3cccc(F)c3)n2)CN1Cc1ccncc1. The Bertz CT molecular complexity index is 931. The average Bonchev–Trinajstić information content (AvgIpc) is 3.28. The number of rotatable bonds is 6. The van der Waals surface area contributed by atoms with Crippen LogP contribution < -0.4 is 4.74 Å². The summed E-state index contributed by atoms with van der Waals surface area (Å²) in [5, 5.41) is 7.05. The second-order valence-electron chi connectivity index (χ2n) is 6.42. The Kier molecular flexibility index (Phi) is 4.78. The summed E-state index contributed by atoms with van der Waals surface area (Å²) in [6, 6.07) is 9.72. The molecular formula is C19H18FN5O2. The van der Waals surface area contributed by atoms with E-state index < -0.39 is 0 Å². The first-order valence-electron chi connectivity index (χ1n) is 8.63. The smallest absolute Gasteiger partial charge is 0.223 e. The van der Waals surface area contributed by atoms with Crippen molar-refractivity contribution < 1.29 is 13.9 Å². The van der Waals surface area contributed by atoms with Crippen LogP contribution in [-0.2, 0) is 17.9 Å². The molecule has 0 unspecified atom stereocenters. The van der Waals surface area contributed by atoms with E-state index in [0.717, 1.165) is 5.56 Å². The molecule has 1 fully saturated rings. The molecule has 1 atom stereocenters. The van der Waals surface area contributed by atoms with Crippen molar-refractivity contribution in [3.8, 4) is 5.75 Å². The lowest BCUT2D eigenvalue weighted by Crippen LogP contribution is -2.24. The number of benzene rings is 1. The lowest BCUT2D eigenvalue weighted by molar-refractivity contribution is -0.128. The zero-order valence-corrected chi connectivity index (χ0v) is 14.5. The fraction of sp³-hybridized carbons (Fsp3) is 0.263. The normalized spacial score (nSPS) is 16.7. The standard InChI is InChI=1S/C19H18FN5O2/c20-15-2-1-3-16(9-15)27-12-17-22-19(24-23-17)14-8-18(26)25(11-14)10-13-4-6-21-7-5-13/h1-7,9,14H,8,10-12H2,(H,22,23,24)/t14-/m1/s1. The van der Waals surface area contributed by atoms with E-state index in [1.165, 1.54) is 12.1 Å². The van der Waals surface area contributed by atoms with Gasteiger partial charge in [-0.2, -0.15) is 5.10 Å². The second-order valence-corrected chi connectivity index (χ2v) is 6.42. The van der Waals surface area contributed by atoms with Crippen molar-refractivity contribution in [3.05, 3.63) is 71.8 Å². The van der Waals surface area contributed by atoms with Gasteiger partial charge in [-0.25, -0.2) is 9.37 Å². The fourth-order valence-electron chi connectivity index (χ4n) is 3.07. The number of nitrogens with zero attached hydrogens (tertiary/aromatic N) is 4. The highest BCUT2D eigenvalue weighted by Crippen LogP contribution is 2.27. The molecule has 1 aromatic carbocycles. The Labute approximate surface area is 155 Å². The quantitative estimate of drug-likeness (QED) is 0.723. The summed E-state index contributed by atoms with van der Waals surface area (Å²) in [6.07, 6.45) is 3.81. The topological polar surface area (TPSA) is 84.0 Å². The highest BCUT2D eigenvalue weighted by Gasteiger charge is 2.33. The molecule has 1 aliphatic heterocycles. The Morgan fingerprint density at radius 2 is 2.11 bits per heavy atom. The molecule has 8 heteroatoms. The highest BCUT2D eigenvalue weighted by molar-refractivity contribution is 5.79. The van der Waals surface area contributed by atoms with Crippen molar-refractivity contribution >= 4 is 5.91 Å². The minimum atomic E-state index is -0.357. The van der Waals surface area contributed by atoms with Crippen LogP contribution >= 0.6 is 0 Å². The average molecular weight is 367 g/mol. The van der Waals surface area contributed by atoms with E-state index in [1.54, 1.807) is 29.4 Å². The number of halogens is 1. The molecule has 4 rings (SSSR count). The van der Waals surface area contributed by atoms with Gasteiger partial charge in [0, 0.05) is 43.9 Å². The number of nitrogens with one attached hydrogen (secondary N) is 1. The maximum absolute atomic E-state index is 13.2. The van der Waals surface area contributed by atoms with Crippen LogP contribution in [-0.4, -0.2) is 37.5 Å². The summed E-state index contributed by atoms with van der Waals surface area (Å²) >= 11 is 0. The van der Waals surface area contributed by atoms with Crippen LogP contribution in [0.3, 0.4) is 0 Å². The highest BCUT2D eigenvalue weighted by atomic mass is 19.1. The van der Waals surface area contributed by atoms with Crippen molar-refractivity contribution in [2.45, 2.75) is 25.5 Å². The van der Waals surface area contributed by atoms with Crippen LogP contribution in [0, 0.1) is 5.82 Å². The zero-order chi connectivity index (χ0) is 18.6. The van der Waals surface area contributed by atoms with E-state index in [4.69, 9.17) is 4.74 Å². The van der Waals surface area contributed by atoms with Crippen molar-refractivity contribution in [2.75, 3.05) is 6.54 Å². The third-order valence-electron chi connectivity index (χ3n) is 4.42. The van der Waals surface area contributed by atoms with E-state index in [2.05, 4.69) is 20.2 Å². The predicted molar refractivity (Wildman–Crippen MR) is 94.1 cm³/mol. The molecule has 7 nitrogen and oxygen atoms in total. The van der Waals surface area contributed by atoms with Crippen molar-refractivity contribution in [1.29, 1.82) is 0 Å². The molecule has 0 spiro atoms. The number of carbonyl (C=O) groups is 1. The van der Waals surface area contributed by atoms with Gasteiger partial charge in [-0.3, -0.25) is 14.9 Å². The molecule has 1 amide bonds. The van der Waals surface area contributed by atoms with Gasteiger partial charge in [-0.1, -0.05) is 6.07 Å². The summed E-state index contributed by atoms with van der Waals surface area (Å²) in [4.78, 5) is 22.5. The molecule has 27 heavy (non-hydrogen) atoms. The summed E-state index contributed by atoms with van der Waals surface area (Å²) in [5.74, 6) is 1.22. The van der Waals surface area contributed by atoms with Crippen LogP contribution in [0.4, 0.5) is 4.39 Å². The zero-order valence-electron chi connectivity index (χ0n) is 14.5. The van der Waals surface area contributed by atoms with Gasteiger partial charge in [0.05, 0.1) is 0 Å². The number of aromatic nitrogens is 4. The molecule has 138 valence electrons. The Hall–Kier alpha value is -3.29. The first-order valence-corrected chi connectivity index (χ1v) is 8.63. The number of hydrogen-bond donors (Lipinski definition) is 1. The lowest BCUT2D eigenvalue weighted by atomic mass is 10.1. The molecular weight excluding hydrogens is 349 g/mol. The summed E-state index contributed by atoms with van der Waals surface area (Å²) in [6.45, 7) is 1.28. The van der Waals surface area contributed by atoms with Gasteiger partial charge in [0.15, 0.2) is 11.6 Å². The molecule has 2 aromatic heterocycles. The number of hydrogen-bond acceptors (Lipinski definition) is 5. The maximum Gasteiger partial charge on any atom is 0.223 e. The summed E-state index contributed by atoms with van der Waals surface area (Å²) < 4.78 is 18.7. The molecule has 0 radical (unpaired) electrons. The predicted octanol–water partition coefficient (Wildman–Crippen LogP) is 2.43. The third-order valence-corrected chi connectivity index (χ3v) is 4.42. The molecule has 0 aliphatic carbocycles. The van der Waals surface area contributed by atoms with Crippen LogP contribution in [0.25, 0.3) is 0 Å². The van der Waals surface area contributed by atoms with E-state index in [9.17, 15) is 9.18 Å². The number of H-pyrrole nitrogens is 1. The van der Waals surface area contributed by atoms with E-state index >= 15 is 0 Å². The van der Waals surface area contributed by atoms with Gasteiger partial charge in [0.2, 0.25) is 5.91 Å². The number of carbonyl (C=O) groups excluding carboxylic acids is 1. The first kappa shape index (κ1) is 17.1. The van der Waals surface area contributed by atoms with E-state index in [0.29, 0.717) is 36.9 Å². The fourth-order valence-corrected chi connectivity index (χ4v) is 3.07. The maximum atomic E-state index is 13.2. The molecule has 1 N–H and O–H groups in total.